The first-order valence-electron chi connectivity index (χ1n) is 11.6. The molecular weight excluding hydrogens is 414 g/mol. The Balaban J connectivity index is 1.46. The number of aliphatic hydroxyl groups is 1. The van der Waals surface area contributed by atoms with Crippen molar-refractivity contribution >= 4 is 0 Å². The van der Waals surface area contributed by atoms with E-state index in [1.807, 2.05) is 91.0 Å². The van der Waals surface area contributed by atoms with Crippen LogP contribution in [0, 0.1) is 5.92 Å². The monoisotopic (exact) mass is 447 g/mol. The van der Waals surface area contributed by atoms with Crippen LogP contribution in [-0.2, 0) is 34.0 Å². The minimum absolute atomic E-state index is 0.0343. The van der Waals surface area contributed by atoms with Crippen LogP contribution >= 0.6 is 0 Å². The number of ether oxygens (including phenoxy) is 3. The fourth-order valence-electron chi connectivity index (χ4n) is 4.34. The van der Waals surface area contributed by atoms with Crippen LogP contribution < -0.4 is 5.73 Å². The Labute approximate surface area is 196 Å². The van der Waals surface area contributed by atoms with Crippen molar-refractivity contribution in [1.82, 2.24) is 0 Å². The first-order chi connectivity index (χ1) is 16.2. The summed E-state index contributed by atoms with van der Waals surface area (Å²) in [5, 5.41) is 10.7. The second-order valence-corrected chi connectivity index (χ2v) is 8.66. The van der Waals surface area contributed by atoms with E-state index >= 15 is 0 Å². The Bertz CT molecular complexity index is 938. The van der Waals surface area contributed by atoms with Gasteiger partial charge in [0.15, 0.2) is 0 Å². The highest BCUT2D eigenvalue weighted by molar-refractivity contribution is 5.15. The topological polar surface area (TPSA) is 73.9 Å². The second kappa shape index (κ2) is 12.1. The van der Waals surface area contributed by atoms with Crippen molar-refractivity contribution in [2.45, 2.75) is 50.6 Å². The molecule has 5 heteroatoms. The number of nitrogens with two attached hydrogens (primary N) is 1. The lowest BCUT2D eigenvalue weighted by Crippen LogP contribution is -2.60. The average molecular weight is 448 g/mol. The minimum atomic E-state index is -0.673. The molecule has 33 heavy (non-hydrogen) atoms. The lowest BCUT2D eigenvalue weighted by molar-refractivity contribution is -0.169. The van der Waals surface area contributed by atoms with Crippen LogP contribution in [0.5, 0.6) is 0 Å². The summed E-state index contributed by atoms with van der Waals surface area (Å²) < 4.78 is 18.7. The predicted molar refractivity (Wildman–Crippen MR) is 128 cm³/mol. The van der Waals surface area contributed by atoms with Crippen molar-refractivity contribution in [3.05, 3.63) is 108 Å². The summed E-state index contributed by atoms with van der Waals surface area (Å²) in [7, 11) is 0. The summed E-state index contributed by atoms with van der Waals surface area (Å²) in [6, 6.07) is 29.6. The molecule has 0 aliphatic heterocycles. The molecular formula is C28H33NO4. The second-order valence-electron chi connectivity index (χ2n) is 8.66. The van der Waals surface area contributed by atoms with Gasteiger partial charge in [-0.2, -0.15) is 0 Å². The highest BCUT2D eigenvalue weighted by atomic mass is 16.5. The molecule has 0 bridgehead atoms. The first-order valence-corrected chi connectivity index (χ1v) is 11.6. The summed E-state index contributed by atoms with van der Waals surface area (Å²) in [4.78, 5) is 0. The molecule has 1 aliphatic rings. The van der Waals surface area contributed by atoms with E-state index in [9.17, 15) is 5.11 Å². The molecule has 5 nitrogen and oxygen atoms in total. The summed E-state index contributed by atoms with van der Waals surface area (Å²) in [6.45, 7) is 1.84. The van der Waals surface area contributed by atoms with Crippen LogP contribution in [0.3, 0.4) is 0 Å². The Morgan fingerprint density at radius 1 is 0.667 bits per heavy atom. The number of hydrogen-bond donors (Lipinski definition) is 2. The SMILES string of the molecule is N[C@@H]1[C@@H](OCc2ccccc2)[C@H](OCc2ccccc2)[C@@H](COCc2ccccc2)C[C@H]1O. The van der Waals surface area contributed by atoms with Crippen molar-refractivity contribution in [2.75, 3.05) is 6.61 Å². The Morgan fingerprint density at radius 3 is 1.64 bits per heavy atom. The maximum absolute atomic E-state index is 10.7. The Kier molecular flexibility index (Phi) is 8.64. The lowest BCUT2D eigenvalue weighted by Gasteiger charge is -2.43. The largest absolute Gasteiger partial charge is 0.391 e. The molecule has 1 aliphatic carbocycles. The molecule has 4 rings (SSSR count). The van der Waals surface area contributed by atoms with Gasteiger partial charge in [0.05, 0.1) is 44.7 Å². The zero-order valence-electron chi connectivity index (χ0n) is 18.8. The van der Waals surface area contributed by atoms with Gasteiger partial charge in [0, 0.05) is 5.92 Å². The Hall–Kier alpha value is -2.54. The highest BCUT2D eigenvalue weighted by Crippen LogP contribution is 2.31. The first kappa shape index (κ1) is 23.6. The summed E-state index contributed by atoms with van der Waals surface area (Å²) in [6.07, 6.45) is -0.889. The fraction of sp³-hybridized carbons (Fsp3) is 0.357. The van der Waals surface area contributed by atoms with E-state index in [1.165, 1.54) is 0 Å². The van der Waals surface area contributed by atoms with E-state index < -0.39 is 18.2 Å². The highest BCUT2D eigenvalue weighted by Gasteiger charge is 2.44. The molecule has 5 atom stereocenters. The van der Waals surface area contributed by atoms with Gasteiger partial charge >= 0.3 is 0 Å². The fourth-order valence-corrected chi connectivity index (χ4v) is 4.34. The molecule has 0 amide bonds. The summed E-state index contributed by atoms with van der Waals surface area (Å²) in [5.74, 6) is -0.0343. The van der Waals surface area contributed by atoms with Crippen LogP contribution in [0.4, 0.5) is 0 Å². The van der Waals surface area contributed by atoms with Gasteiger partial charge in [0.25, 0.3) is 0 Å². The molecule has 0 saturated heterocycles. The summed E-state index contributed by atoms with van der Waals surface area (Å²) >= 11 is 0. The molecule has 3 aromatic carbocycles. The van der Waals surface area contributed by atoms with E-state index in [-0.39, 0.29) is 12.0 Å². The van der Waals surface area contributed by atoms with E-state index in [0.29, 0.717) is 32.8 Å². The van der Waals surface area contributed by atoms with Crippen molar-refractivity contribution < 1.29 is 19.3 Å². The van der Waals surface area contributed by atoms with E-state index in [2.05, 4.69) is 0 Å². The maximum Gasteiger partial charge on any atom is 0.102 e. The number of rotatable bonds is 10. The quantitative estimate of drug-likeness (QED) is 0.490. The van der Waals surface area contributed by atoms with E-state index in [0.717, 1.165) is 16.7 Å². The molecule has 0 spiro atoms. The third-order valence-corrected chi connectivity index (χ3v) is 6.17. The molecule has 3 N–H and O–H groups in total. The van der Waals surface area contributed by atoms with Crippen LogP contribution in [-0.4, -0.2) is 36.1 Å². The smallest absolute Gasteiger partial charge is 0.102 e. The van der Waals surface area contributed by atoms with E-state index in [1.54, 1.807) is 0 Å². The average Bonchev–Trinajstić information content (AvgIpc) is 2.86. The number of aliphatic hydroxyl groups excluding tert-OH is 1. The van der Waals surface area contributed by atoms with Gasteiger partial charge in [-0.1, -0.05) is 91.0 Å². The van der Waals surface area contributed by atoms with Gasteiger partial charge in [-0.05, 0) is 23.1 Å². The van der Waals surface area contributed by atoms with E-state index in [4.69, 9.17) is 19.9 Å². The standard InChI is InChI=1S/C28H33NO4/c29-26-25(30)16-24(20-31-17-21-10-4-1-5-11-21)27(32-18-22-12-6-2-7-13-22)28(26)33-19-23-14-8-3-9-15-23/h1-15,24-28,30H,16-20,29H2/t24-,25-,26+,27-,28-/m1/s1. The molecule has 174 valence electrons. The number of hydrogen-bond acceptors (Lipinski definition) is 5. The maximum atomic E-state index is 10.7. The lowest BCUT2D eigenvalue weighted by atomic mass is 9.79. The van der Waals surface area contributed by atoms with Gasteiger partial charge in [-0.3, -0.25) is 0 Å². The zero-order chi connectivity index (χ0) is 22.9. The molecule has 1 saturated carbocycles. The van der Waals surface area contributed by atoms with Gasteiger partial charge in [0.2, 0.25) is 0 Å². The van der Waals surface area contributed by atoms with Crippen molar-refractivity contribution in [3.8, 4) is 0 Å². The van der Waals surface area contributed by atoms with Gasteiger partial charge < -0.3 is 25.1 Å². The third-order valence-electron chi connectivity index (χ3n) is 6.17. The van der Waals surface area contributed by atoms with Crippen LogP contribution in [0.1, 0.15) is 23.1 Å². The predicted octanol–water partition coefficient (Wildman–Crippen LogP) is 4.08. The van der Waals surface area contributed by atoms with Gasteiger partial charge in [0.1, 0.15) is 6.10 Å². The summed E-state index contributed by atoms with van der Waals surface area (Å²) in [5.41, 5.74) is 9.69. The minimum Gasteiger partial charge on any atom is -0.391 e. The molecule has 0 heterocycles. The van der Waals surface area contributed by atoms with Crippen molar-refractivity contribution in [2.24, 2.45) is 11.7 Å². The van der Waals surface area contributed by atoms with Gasteiger partial charge in [-0.15, -0.1) is 0 Å². The van der Waals surface area contributed by atoms with Crippen LogP contribution in [0.25, 0.3) is 0 Å². The van der Waals surface area contributed by atoms with Crippen molar-refractivity contribution in [1.29, 1.82) is 0 Å². The molecule has 3 aromatic rings. The number of benzene rings is 3. The molecule has 1 fully saturated rings. The van der Waals surface area contributed by atoms with Crippen LogP contribution in [0.2, 0.25) is 0 Å². The van der Waals surface area contributed by atoms with Crippen LogP contribution in [0.15, 0.2) is 91.0 Å². The molecule has 0 aromatic heterocycles. The molecule has 0 unspecified atom stereocenters. The third kappa shape index (κ3) is 6.73. The van der Waals surface area contributed by atoms with Crippen molar-refractivity contribution in [3.63, 3.8) is 0 Å². The molecule has 0 radical (unpaired) electrons. The zero-order valence-corrected chi connectivity index (χ0v) is 18.8. The van der Waals surface area contributed by atoms with Gasteiger partial charge in [-0.25, -0.2) is 0 Å². The Morgan fingerprint density at radius 2 is 1.12 bits per heavy atom. The normalized spacial score (nSPS) is 25.1.